The summed E-state index contributed by atoms with van der Waals surface area (Å²) in [6.45, 7) is 2.27. The summed E-state index contributed by atoms with van der Waals surface area (Å²) >= 11 is 0. The molecule has 0 radical (unpaired) electrons. The van der Waals surface area contributed by atoms with E-state index in [9.17, 15) is 22.0 Å². The minimum Gasteiger partial charge on any atom is -0.312 e. The number of benzene rings is 2. The number of fused-ring (bicyclic) bond motifs is 1. The molecule has 3 rings (SSSR count). The minimum absolute atomic E-state index is 0.0705. The molecule has 0 saturated heterocycles. The SMILES string of the molecule is CCC(=O)N1CCc2ccc(NS(=O)(=O)c3c(F)cccc3F)cc21. The van der Waals surface area contributed by atoms with Crippen LogP contribution in [0.3, 0.4) is 0 Å². The number of hydrogen-bond donors (Lipinski definition) is 1. The molecule has 25 heavy (non-hydrogen) atoms. The van der Waals surface area contributed by atoms with E-state index < -0.39 is 26.6 Å². The van der Waals surface area contributed by atoms with Crippen LogP contribution < -0.4 is 9.62 Å². The second-order valence-corrected chi connectivity index (χ2v) is 7.27. The Morgan fingerprint density at radius 1 is 1.20 bits per heavy atom. The Morgan fingerprint density at radius 3 is 2.52 bits per heavy atom. The molecule has 132 valence electrons. The van der Waals surface area contributed by atoms with Crippen molar-refractivity contribution in [2.45, 2.75) is 24.7 Å². The zero-order chi connectivity index (χ0) is 18.2. The van der Waals surface area contributed by atoms with Gasteiger partial charge >= 0.3 is 0 Å². The van der Waals surface area contributed by atoms with Gasteiger partial charge in [-0.1, -0.05) is 19.1 Å². The lowest BCUT2D eigenvalue weighted by molar-refractivity contribution is -0.118. The standard InChI is InChI=1S/C17H16F2N2O3S/c1-2-16(22)21-9-8-11-6-7-12(10-15(11)21)20-25(23,24)17-13(18)4-3-5-14(17)19/h3-7,10,20H,2,8-9H2,1H3. The monoisotopic (exact) mass is 366 g/mol. The maximum absolute atomic E-state index is 13.8. The largest absolute Gasteiger partial charge is 0.312 e. The second kappa shape index (κ2) is 6.44. The van der Waals surface area contributed by atoms with Crippen LogP contribution in [0.25, 0.3) is 0 Å². The van der Waals surface area contributed by atoms with Crippen LogP contribution in [0.1, 0.15) is 18.9 Å². The van der Waals surface area contributed by atoms with Gasteiger partial charge in [-0.15, -0.1) is 0 Å². The van der Waals surface area contributed by atoms with E-state index in [4.69, 9.17) is 0 Å². The summed E-state index contributed by atoms with van der Waals surface area (Å²) in [4.78, 5) is 12.5. The Balaban J connectivity index is 1.96. The van der Waals surface area contributed by atoms with Crippen molar-refractivity contribution in [1.29, 1.82) is 0 Å². The molecule has 5 nitrogen and oxygen atoms in total. The van der Waals surface area contributed by atoms with Crippen molar-refractivity contribution in [1.82, 2.24) is 0 Å². The van der Waals surface area contributed by atoms with Crippen LogP contribution in [0.2, 0.25) is 0 Å². The Kier molecular flexibility index (Phi) is 4.47. The first kappa shape index (κ1) is 17.3. The highest BCUT2D eigenvalue weighted by atomic mass is 32.2. The number of hydrogen-bond acceptors (Lipinski definition) is 3. The number of carbonyl (C=O) groups excluding carboxylic acids is 1. The lowest BCUT2D eigenvalue weighted by atomic mass is 10.1. The number of halogens is 2. The van der Waals surface area contributed by atoms with Crippen molar-refractivity contribution < 1.29 is 22.0 Å². The molecule has 0 bridgehead atoms. The van der Waals surface area contributed by atoms with E-state index in [1.165, 1.54) is 12.1 Å². The zero-order valence-corrected chi connectivity index (χ0v) is 14.2. The number of carbonyl (C=O) groups is 1. The summed E-state index contributed by atoms with van der Waals surface area (Å²) in [6.07, 6.45) is 1.01. The lowest BCUT2D eigenvalue weighted by Crippen LogP contribution is -2.27. The van der Waals surface area contributed by atoms with Crippen LogP contribution in [0.4, 0.5) is 20.2 Å². The Labute approximate surface area is 144 Å². The van der Waals surface area contributed by atoms with Crippen LogP contribution in [-0.4, -0.2) is 20.9 Å². The molecule has 1 N–H and O–H groups in total. The molecule has 0 unspecified atom stereocenters. The van der Waals surface area contributed by atoms with Crippen molar-refractivity contribution in [3.63, 3.8) is 0 Å². The number of sulfonamides is 1. The van der Waals surface area contributed by atoms with E-state index in [0.717, 1.165) is 23.8 Å². The molecule has 0 aromatic heterocycles. The van der Waals surface area contributed by atoms with Crippen molar-refractivity contribution in [2.24, 2.45) is 0 Å². The highest BCUT2D eigenvalue weighted by molar-refractivity contribution is 7.92. The lowest BCUT2D eigenvalue weighted by Gasteiger charge is -2.17. The van der Waals surface area contributed by atoms with Crippen molar-refractivity contribution >= 4 is 27.3 Å². The van der Waals surface area contributed by atoms with Gasteiger partial charge in [-0.3, -0.25) is 9.52 Å². The van der Waals surface area contributed by atoms with Gasteiger partial charge in [0.05, 0.1) is 5.69 Å². The highest BCUT2D eigenvalue weighted by Gasteiger charge is 2.27. The van der Waals surface area contributed by atoms with Crippen molar-refractivity contribution in [3.8, 4) is 0 Å². The molecule has 8 heteroatoms. The average Bonchev–Trinajstić information content (AvgIpc) is 2.96. The predicted molar refractivity (Wildman–Crippen MR) is 90.0 cm³/mol. The molecular weight excluding hydrogens is 350 g/mol. The van der Waals surface area contributed by atoms with Gasteiger partial charge < -0.3 is 4.90 Å². The van der Waals surface area contributed by atoms with Gasteiger partial charge in [-0.2, -0.15) is 0 Å². The predicted octanol–water partition coefficient (Wildman–Crippen LogP) is 3.06. The zero-order valence-electron chi connectivity index (χ0n) is 13.4. The van der Waals surface area contributed by atoms with Crippen molar-refractivity contribution in [3.05, 3.63) is 53.6 Å². The number of anilines is 2. The molecule has 1 heterocycles. The van der Waals surface area contributed by atoms with E-state index in [-0.39, 0.29) is 11.6 Å². The van der Waals surface area contributed by atoms with Gasteiger partial charge in [0.2, 0.25) is 5.91 Å². The first-order valence-corrected chi connectivity index (χ1v) is 9.22. The van der Waals surface area contributed by atoms with E-state index >= 15 is 0 Å². The second-order valence-electron chi connectivity index (χ2n) is 5.65. The molecule has 2 aromatic rings. The van der Waals surface area contributed by atoms with Gasteiger partial charge in [0.15, 0.2) is 4.90 Å². The third-order valence-electron chi connectivity index (χ3n) is 4.02. The first-order chi connectivity index (χ1) is 11.8. The fourth-order valence-electron chi connectivity index (χ4n) is 2.84. The van der Waals surface area contributed by atoms with Crippen LogP contribution >= 0.6 is 0 Å². The minimum atomic E-state index is -4.44. The normalized spacial score (nSPS) is 13.6. The highest BCUT2D eigenvalue weighted by Crippen LogP contribution is 2.32. The fourth-order valence-corrected chi connectivity index (χ4v) is 4.03. The third kappa shape index (κ3) is 3.21. The molecule has 2 aromatic carbocycles. The van der Waals surface area contributed by atoms with Gasteiger partial charge in [0.25, 0.3) is 10.0 Å². The molecular formula is C17H16F2N2O3S. The molecule has 1 amide bonds. The number of amides is 1. The topological polar surface area (TPSA) is 66.5 Å². The molecule has 0 spiro atoms. The third-order valence-corrected chi connectivity index (χ3v) is 5.46. The van der Waals surface area contributed by atoms with Gasteiger partial charge in [-0.05, 0) is 36.2 Å². The maximum atomic E-state index is 13.8. The van der Waals surface area contributed by atoms with E-state index in [1.807, 2.05) is 0 Å². The first-order valence-electron chi connectivity index (χ1n) is 7.73. The summed E-state index contributed by atoms with van der Waals surface area (Å²) in [6, 6.07) is 7.56. The quantitative estimate of drug-likeness (QED) is 0.904. The molecule has 0 fully saturated rings. The summed E-state index contributed by atoms with van der Waals surface area (Å²) in [7, 11) is -4.44. The number of nitrogens with zero attached hydrogens (tertiary/aromatic N) is 1. The number of rotatable bonds is 4. The fraction of sp³-hybridized carbons (Fsp3) is 0.235. The molecule has 1 aliphatic rings. The molecule has 0 aliphatic carbocycles. The van der Waals surface area contributed by atoms with Crippen LogP contribution in [-0.2, 0) is 21.2 Å². The summed E-state index contributed by atoms with van der Waals surface area (Å²) < 4.78 is 54.4. The van der Waals surface area contributed by atoms with Gasteiger partial charge in [-0.25, -0.2) is 17.2 Å². The van der Waals surface area contributed by atoms with Gasteiger partial charge in [0.1, 0.15) is 11.6 Å². The molecule has 1 aliphatic heterocycles. The smallest absolute Gasteiger partial charge is 0.267 e. The summed E-state index contributed by atoms with van der Waals surface area (Å²) in [5, 5.41) is 0. The van der Waals surface area contributed by atoms with E-state index in [2.05, 4.69) is 4.72 Å². The Hall–Kier alpha value is -2.48. The maximum Gasteiger partial charge on any atom is 0.267 e. The average molecular weight is 366 g/mol. The van der Waals surface area contributed by atoms with Crippen LogP contribution in [0.15, 0.2) is 41.3 Å². The van der Waals surface area contributed by atoms with Crippen LogP contribution in [0.5, 0.6) is 0 Å². The summed E-state index contributed by atoms with van der Waals surface area (Å²) in [5.41, 5.74) is 1.67. The van der Waals surface area contributed by atoms with Crippen LogP contribution in [0, 0.1) is 11.6 Å². The Bertz CT molecular complexity index is 925. The molecule has 0 saturated carbocycles. The number of nitrogens with one attached hydrogen (secondary N) is 1. The Morgan fingerprint density at radius 2 is 1.88 bits per heavy atom. The van der Waals surface area contributed by atoms with E-state index in [0.29, 0.717) is 25.1 Å². The summed E-state index contributed by atoms with van der Waals surface area (Å²) in [5.74, 6) is -2.41. The molecule has 0 atom stereocenters. The van der Waals surface area contributed by atoms with Gasteiger partial charge in [0, 0.05) is 18.7 Å². The van der Waals surface area contributed by atoms with Crippen molar-refractivity contribution in [2.75, 3.05) is 16.2 Å². The van der Waals surface area contributed by atoms with E-state index in [1.54, 1.807) is 17.9 Å².